The van der Waals surface area contributed by atoms with Crippen molar-refractivity contribution in [2.24, 2.45) is 0 Å². The summed E-state index contributed by atoms with van der Waals surface area (Å²) in [4.78, 5) is 25.3. The average Bonchev–Trinajstić information content (AvgIpc) is 2.54. The largest absolute Gasteiger partial charge is 0.464 e. The lowest BCUT2D eigenvalue weighted by Crippen LogP contribution is -2.58. The first kappa shape index (κ1) is 15.2. The van der Waals surface area contributed by atoms with Crippen LogP contribution in [0.4, 0.5) is 5.82 Å². The first-order chi connectivity index (χ1) is 10.2. The highest BCUT2D eigenvalue weighted by Crippen LogP contribution is 2.15. The molecule has 1 aliphatic heterocycles. The van der Waals surface area contributed by atoms with Crippen LogP contribution in [0.5, 0.6) is 0 Å². The van der Waals surface area contributed by atoms with E-state index >= 15 is 0 Å². The lowest BCUT2D eigenvalue weighted by Gasteiger charge is -2.35. The van der Waals surface area contributed by atoms with E-state index in [4.69, 9.17) is 0 Å². The number of carbonyl (C=O) groups excluding carboxylic acids is 2. The number of rotatable bonds is 4. The van der Waals surface area contributed by atoms with E-state index in [0.29, 0.717) is 25.5 Å². The number of esters is 1. The number of hydrogen-bond acceptors (Lipinski definition) is 7. The Morgan fingerprint density at radius 1 is 1.48 bits per heavy atom. The molecule has 2 N–H and O–H groups in total. The standard InChI is InChI=1S/C13H19N5O3/c1-3-15-12(19)10-8-14-6-7-18(10)11-5-4-9(16-17-11)13(20)21-2/h4-5,10,14H,3,6-8H2,1-2H3,(H,15,19). The van der Waals surface area contributed by atoms with E-state index in [1.807, 2.05) is 11.8 Å². The zero-order valence-corrected chi connectivity index (χ0v) is 12.1. The van der Waals surface area contributed by atoms with Gasteiger partial charge in [-0.3, -0.25) is 4.79 Å². The number of anilines is 1. The fourth-order valence-corrected chi connectivity index (χ4v) is 2.20. The first-order valence-corrected chi connectivity index (χ1v) is 6.84. The SMILES string of the molecule is CCNC(=O)C1CNCCN1c1ccc(C(=O)OC)nn1. The molecule has 2 rings (SSSR count). The summed E-state index contributed by atoms with van der Waals surface area (Å²) in [6, 6.07) is 2.89. The fourth-order valence-electron chi connectivity index (χ4n) is 2.20. The maximum atomic E-state index is 12.1. The Labute approximate surface area is 122 Å². The van der Waals surface area contributed by atoms with E-state index in [0.717, 1.165) is 6.54 Å². The Kier molecular flexibility index (Phi) is 5.04. The highest BCUT2D eigenvalue weighted by Gasteiger charge is 2.29. The summed E-state index contributed by atoms with van der Waals surface area (Å²) >= 11 is 0. The third kappa shape index (κ3) is 3.46. The molecule has 1 aromatic heterocycles. The van der Waals surface area contributed by atoms with Gasteiger partial charge in [0.15, 0.2) is 11.5 Å². The summed E-state index contributed by atoms with van der Waals surface area (Å²) < 4.78 is 4.58. The second-order valence-electron chi connectivity index (χ2n) is 4.58. The number of hydrogen-bond donors (Lipinski definition) is 2. The Morgan fingerprint density at radius 2 is 2.29 bits per heavy atom. The average molecular weight is 293 g/mol. The Balaban J connectivity index is 2.17. The molecule has 1 amide bonds. The Morgan fingerprint density at radius 3 is 2.90 bits per heavy atom. The van der Waals surface area contributed by atoms with Crippen molar-refractivity contribution in [1.82, 2.24) is 20.8 Å². The van der Waals surface area contributed by atoms with Crippen LogP contribution in [0.25, 0.3) is 0 Å². The third-order valence-electron chi connectivity index (χ3n) is 3.24. The number of piperazine rings is 1. The van der Waals surface area contributed by atoms with Gasteiger partial charge in [-0.25, -0.2) is 4.79 Å². The molecule has 8 nitrogen and oxygen atoms in total. The molecule has 2 heterocycles. The molecule has 1 fully saturated rings. The highest BCUT2D eigenvalue weighted by molar-refractivity contribution is 5.87. The van der Waals surface area contributed by atoms with E-state index < -0.39 is 5.97 Å². The molecule has 21 heavy (non-hydrogen) atoms. The minimum Gasteiger partial charge on any atom is -0.464 e. The number of aromatic nitrogens is 2. The van der Waals surface area contributed by atoms with Crippen LogP contribution in [0.15, 0.2) is 12.1 Å². The van der Waals surface area contributed by atoms with Crippen LogP contribution in [0.1, 0.15) is 17.4 Å². The molecule has 1 saturated heterocycles. The smallest absolute Gasteiger partial charge is 0.358 e. The number of methoxy groups -OCH3 is 1. The van der Waals surface area contributed by atoms with Gasteiger partial charge in [0.1, 0.15) is 6.04 Å². The van der Waals surface area contributed by atoms with Crippen LogP contribution >= 0.6 is 0 Å². The predicted molar refractivity (Wildman–Crippen MR) is 76.1 cm³/mol. The molecule has 0 aliphatic carbocycles. The summed E-state index contributed by atoms with van der Waals surface area (Å²) in [6.45, 7) is 4.41. The quantitative estimate of drug-likeness (QED) is 0.700. The summed E-state index contributed by atoms with van der Waals surface area (Å²) in [7, 11) is 1.29. The van der Waals surface area contributed by atoms with Gasteiger partial charge in [-0.2, -0.15) is 0 Å². The normalized spacial score (nSPS) is 18.2. The van der Waals surface area contributed by atoms with Crippen LogP contribution < -0.4 is 15.5 Å². The number of ether oxygens (including phenoxy) is 1. The number of likely N-dealkylation sites (N-methyl/N-ethyl adjacent to an activating group) is 1. The number of nitrogens with zero attached hydrogens (tertiary/aromatic N) is 3. The van der Waals surface area contributed by atoms with E-state index in [1.165, 1.54) is 7.11 Å². The van der Waals surface area contributed by atoms with Gasteiger partial charge in [0.2, 0.25) is 5.91 Å². The number of amides is 1. The summed E-state index contributed by atoms with van der Waals surface area (Å²) in [5.41, 5.74) is 0.144. The van der Waals surface area contributed by atoms with E-state index in [-0.39, 0.29) is 17.6 Å². The maximum absolute atomic E-state index is 12.1. The van der Waals surface area contributed by atoms with Crippen molar-refractivity contribution in [3.8, 4) is 0 Å². The van der Waals surface area contributed by atoms with E-state index in [1.54, 1.807) is 12.1 Å². The van der Waals surface area contributed by atoms with Crippen LogP contribution in [0.2, 0.25) is 0 Å². The van der Waals surface area contributed by atoms with Gasteiger partial charge in [0.25, 0.3) is 0 Å². The molecule has 1 aromatic rings. The zero-order chi connectivity index (χ0) is 15.2. The lowest BCUT2D eigenvalue weighted by atomic mass is 10.1. The topological polar surface area (TPSA) is 96.5 Å². The van der Waals surface area contributed by atoms with Crippen LogP contribution in [-0.2, 0) is 9.53 Å². The van der Waals surface area contributed by atoms with Crippen molar-refractivity contribution in [3.05, 3.63) is 17.8 Å². The van der Waals surface area contributed by atoms with Crippen LogP contribution in [0.3, 0.4) is 0 Å². The Bertz CT molecular complexity index is 505. The molecule has 1 unspecified atom stereocenters. The monoisotopic (exact) mass is 293 g/mol. The van der Waals surface area contributed by atoms with Gasteiger partial charge < -0.3 is 20.3 Å². The molecule has 0 saturated carbocycles. The minimum atomic E-state index is -0.533. The van der Waals surface area contributed by atoms with Crippen molar-refractivity contribution in [3.63, 3.8) is 0 Å². The highest BCUT2D eigenvalue weighted by atomic mass is 16.5. The molecular formula is C13H19N5O3. The predicted octanol–water partition coefficient (Wildman–Crippen LogP) is -0.822. The summed E-state index contributed by atoms with van der Waals surface area (Å²) in [5, 5.41) is 13.9. The van der Waals surface area contributed by atoms with Gasteiger partial charge >= 0.3 is 5.97 Å². The molecule has 0 bridgehead atoms. The number of carbonyl (C=O) groups is 2. The minimum absolute atomic E-state index is 0.0523. The molecule has 114 valence electrons. The second kappa shape index (κ2) is 6.98. The molecule has 0 radical (unpaired) electrons. The molecular weight excluding hydrogens is 274 g/mol. The molecule has 8 heteroatoms. The molecule has 1 aliphatic rings. The van der Waals surface area contributed by atoms with Crippen molar-refractivity contribution in [2.45, 2.75) is 13.0 Å². The number of nitrogens with one attached hydrogen (secondary N) is 2. The first-order valence-electron chi connectivity index (χ1n) is 6.84. The third-order valence-corrected chi connectivity index (χ3v) is 3.24. The van der Waals surface area contributed by atoms with Crippen molar-refractivity contribution in [1.29, 1.82) is 0 Å². The van der Waals surface area contributed by atoms with Crippen molar-refractivity contribution < 1.29 is 14.3 Å². The van der Waals surface area contributed by atoms with Gasteiger partial charge in [0, 0.05) is 26.2 Å². The van der Waals surface area contributed by atoms with Gasteiger partial charge in [-0.05, 0) is 19.1 Å². The lowest BCUT2D eigenvalue weighted by molar-refractivity contribution is -0.122. The maximum Gasteiger partial charge on any atom is 0.358 e. The molecule has 0 aromatic carbocycles. The fraction of sp³-hybridized carbons (Fsp3) is 0.538. The molecule has 0 spiro atoms. The van der Waals surface area contributed by atoms with Crippen molar-refractivity contribution >= 4 is 17.7 Å². The summed E-state index contributed by atoms with van der Waals surface area (Å²) in [6.07, 6.45) is 0. The zero-order valence-electron chi connectivity index (χ0n) is 12.1. The van der Waals surface area contributed by atoms with Crippen LogP contribution in [0, 0.1) is 0 Å². The van der Waals surface area contributed by atoms with Gasteiger partial charge in [-0.1, -0.05) is 0 Å². The van der Waals surface area contributed by atoms with E-state index in [9.17, 15) is 9.59 Å². The second-order valence-corrected chi connectivity index (χ2v) is 4.58. The van der Waals surface area contributed by atoms with Crippen LogP contribution in [-0.4, -0.2) is 61.4 Å². The summed E-state index contributed by atoms with van der Waals surface area (Å²) in [5.74, 6) is -0.0152. The van der Waals surface area contributed by atoms with Crippen molar-refractivity contribution in [2.75, 3.05) is 38.2 Å². The molecule has 1 atom stereocenters. The van der Waals surface area contributed by atoms with E-state index in [2.05, 4.69) is 25.6 Å². The van der Waals surface area contributed by atoms with Gasteiger partial charge in [0.05, 0.1) is 7.11 Å². The Hall–Kier alpha value is -2.22. The van der Waals surface area contributed by atoms with Gasteiger partial charge in [-0.15, -0.1) is 10.2 Å².